The summed E-state index contributed by atoms with van der Waals surface area (Å²) in [5, 5.41) is 9.79. The summed E-state index contributed by atoms with van der Waals surface area (Å²) in [6.45, 7) is 3.33. The Labute approximate surface area is 177 Å². The van der Waals surface area contributed by atoms with Crippen LogP contribution in [0.15, 0.2) is 78.9 Å². The molecule has 2 unspecified atom stereocenters. The molecule has 0 aliphatic carbocycles. The van der Waals surface area contributed by atoms with Crippen molar-refractivity contribution in [1.82, 2.24) is 4.90 Å². The number of benzene rings is 3. The van der Waals surface area contributed by atoms with E-state index in [1.165, 1.54) is 5.56 Å². The zero-order valence-corrected chi connectivity index (χ0v) is 17.2. The van der Waals surface area contributed by atoms with Gasteiger partial charge in [-0.25, -0.2) is 0 Å². The van der Waals surface area contributed by atoms with Crippen LogP contribution in [0.25, 0.3) is 11.1 Å². The summed E-state index contributed by atoms with van der Waals surface area (Å²) in [5.41, 5.74) is 4.47. The van der Waals surface area contributed by atoms with Gasteiger partial charge in [-0.15, -0.1) is 0 Å². The molecule has 4 nitrogen and oxygen atoms in total. The number of nitrogens with zero attached hydrogens (tertiary/aromatic N) is 1. The largest absolute Gasteiger partial charge is 0.494 e. The highest BCUT2D eigenvalue weighted by Crippen LogP contribution is 2.37. The first-order chi connectivity index (χ1) is 14.7. The summed E-state index contributed by atoms with van der Waals surface area (Å²) < 4.78 is 5.71. The van der Waals surface area contributed by atoms with Crippen molar-refractivity contribution in [3.63, 3.8) is 0 Å². The summed E-state index contributed by atoms with van der Waals surface area (Å²) in [6, 6.07) is 26.2. The number of carbonyl (C=O) groups is 1. The van der Waals surface area contributed by atoms with E-state index in [0.717, 1.165) is 35.4 Å². The van der Waals surface area contributed by atoms with Gasteiger partial charge in [0.1, 0.15) is 11.8 Å². The lowest BCUT2D eigenvalue weighted by Crippen LogP contribution is -2.39. The number of carboxylic acid groups (broad SMARTS) is 1. The number of hydrogen-bond acceptors (Lipinski definition) is 3. The number of likely N-dealkylation sites (tertiary alicyclic amines) is 1. The van der Waals surface area contributed by atoms with Crippen LogP contribution in [-0.4, -0.2) is 35.2 Å². The van der Waals surface area contributed by atoms with E-state index in [-0.39, 0.29) is 6.04 Å². The van der Waals surface area contributed by atoms with Crippen molar-refractivity contribution >= 4 is 5.97 Å². The second-order valence-corrected chi connectivity index (χ2v) is 7.63. The monoisotopic (exact) mass is 401 g/mol. The fraction of sp³-hybridized carbons (Fsp3) is 0.269. The molecule has 0 aromatic heterocycles. The maximum Gasteiger partial charge on any atom is 0.320 e. The Bertz CT molecular complexity index is 985. The van der Waals surface area contributed by atoms with E-state index in [2.05, 4.69) is 47.4 Å². The topological polar surface area (TPSA) is 49.8 Å². The third-order valence-electron chi connectivity index (χ3n) is 5.73. The fourth-order valence-corrected chi connectivity index (χ4v) is 4.37. The van der Waals surface area contributed by atoms with Gasteiger partial charge < -0.3 is 9.84 Å². The smallest absolute Gasteiger partial charge is 0.320 e. The van der Waals surface area contributed by atoms with Crippen LogP contribution < -0.4 is 4.74 Å². The molecule has 4 heteroatoms. The third kappa shape index (κ3) is 4.24. The molecule has 0 bridgehead atoms. The Kier molecular flexibility index (Phi) is 6.15. The van der Waals surface area contributed by atoms with Crippen LogP contribution in [0.5, 0.6) is 5.75 Å². The van der Waals surface area contributed by atoms with Gasteiger partial charge in [0.25, 0.3) is 0 Å². The molecule has 0 spiro atoms. The van der Waals surface area contributed by atoms with E-state index in [1.54, 1.807) is 0 Å². The van der Waals surface area contributed by atoms with Crippen LogP contribution in [0.2, 0.25) is 0 Å². The molecule has 4 rings (SSSR count). The third-order valence-corrected chi connectivity index (χ3v) is 5.73. The summed E-state index contributed by atoms with van der Waals surface area (Å²) >= 11 is 0. The van der Waals surface area contributed by atoms with E-state index >= 15 is 0 Å². The van der Waals surface area contributed by atoms with Crippen molar-refractivity contribution in [2.24, 2.45) is 0 Å². The van der Waals surface area contributed by atoms with Crippen molar-refractivity contribution in [3.8, 4) is 16.9 Å². The van der Waals surface area contributed by atoms with Crippen molar-refractivity contribution in [2.75, 3.05) is 13.2 Å². The highest BCUT2D eigenvalue weighted by Gasteiger charge is 2.36. The average Bonchev–Trinajstić information content (AvgIpc) is 3.25. The van der Waals surface area contributed by atoms with Gasteiger partial charge in [0.2, 0.25) is 0 Å². The maximum atomic E-state index is 11.9. The molecule has 2 atom stereocenters. The standard InChI is InChI=1S/C26H27NO3/c1-2-30-23-11-6-10-22(18-23)25(27-17-7-12-24(27)26(28)29)21-15-13-20(14-16-21)19-8-4-3-5-9-19/h3-6,8-11,13-16,18,24-25H,2,7,12,17H2,1H3,(H,28,29). The molecule has 30 heavy (non-hydrogen) atoms. The van der Waals surface area contributed by atoms with Crippen LogP contribution >= 0.6 is 0 Å². The predicted octanol–water partition coefficient (Wildman–Crippen LogP) is 5.39. The van der Waals surface area contributed by atoms with Gasteiger partial charge in [0, 0.05) is 6.54 Å². The quantitative estimate of drug-likeness (QED) is 0.577. The summed E-state index contributed by atoms with van der Waals surface area (Å²) in [4.78, 5) is 14.0. The number of aliphatic carboxylic acids is 1. The summed E-state index contributed by atoms with van der Waals surface area (Å²) in [6.07, 6.45) is 1.57. The maximum absolute atomic E-state index is 11.9. The molecule has 154 valence electrons. The molecular formula is C26H27NO3. The van der Waals surface area contributed by atoms with Crippen LogP contribution in [0.4, 0.5) is 0 Å². The van der Waals surface area contributed by atoms with Gasteiger partial charge in [-0.2, -0.15) is 0 Å². The minimum atomic E-state index is -0.751. The van der Waals surface area contributed by atoms with Gasteiger partial charge in [-0.05, 0) is 54.2 Å². The molecule has 1 heterocycles. The highest BCUT2D eigenvalue weighted by atomic mass is 16.5. The SMILES string of the molecule is CCOc1cccc(C(c2ccc(-c3ccccc3)cc2)N2CCCC2C(=O)O)c1. The van der Waals surface area contributed by atoms with Crippen LogP contribution in [0, 0.1) is 0 Å². The normalized spacial score (nSPS) is 17.6. The minimum Gasteiger partial charge on any atom is -0.494 e. The van der Waals surface area contributed by atoms with E-state index in [1.807, 2.05) is 43.3 Å². The van der Waals surface area contributed by atoms with Crippen LogP contribution in [0.3, 0.4) is 0 Å². The Balaban J connectivity index is 1.74. The zero-order valence-electron chi connectivity index (χ0n) is 17.2. The number of carboxylic acids is 1. The number of rotatable bonds is 7. The molecule has 0 saturated carbocycles. The first-order valence-electron chi connectivity index (χ1n) is 10.5. The molecular weight excluding hydrogens is 374 g/mol. The van der Waals surface area contributed by atoms with Gasteiger partial charge in [-0.1, -0.05) is 66.7 Å². The zero-order chi connectivity index (χ0) is 20.9. The van der Waals surface area contributed by atoms with Crippen LogP contribution in [-0.2, 0) is 4.79 Å². The van der Waals surface area contributed by atoms with Gasteiger partial charge in [0.05, 0.1) is 12.6 Å². The second-order valence-electron chi connectivity index (χ2n) is 7.63. The van der Waals surface area contributed by atoms with Gasteiger partial charge in [-0.3, -0.25) is 9.69 Å². The Hall–Kier alpha value is -3.11. The second kappa shape index (κ2) is 9.14. The first-order valence-corrected chi connectivity index (χ1v) is 10.5. The average molecular weight is 402 g/mol. The molecule has 1 N–H and O–H groups in total. The van der Waals surface area contributed by atoms with Crippen molar-refractivity contribution in [2.45, 2.75) is 31.8 Å². The number of ether oxygens (including phenoxy) is 1. The highest BCUT2D eigenvalue weighted by molar-refractivity contribution is 5.74. The van der Waals surface area contributed by atoms with E-state index in [4.69, 9.17) is 4.74 Å². The fourth-order valence-electron chi connectivity index (χ4n) is 4.37. The molecule has 0 amide bonds. The number of hydrogen-bond donors (Lipinski definition) is 1. The first kappa shape index (κ1) is 20.2. The van der Waals surface area contributed by atoms with E-state index < -0.39 is 12.0 Å². The van der Waals surface area contributed by atoms with E-state index in [9.17, 15) is 9.90 Å². The molecule has 0 radical (unpaired) electrons. The van der Waals surface area contributed by atoms with Gasteiger partial charge in [0.15, 0.2) is 0 Å². The summed E-state index contributed by atoms with van der Waals surface area (Å²) in [5.74, 6) is 0.0614. The molecule has 1 fully saturated rings. The van der Waals surface area contributed by atoms with Crippen LogP contribution in [0.1, 0.15) is 36.9 Å². The summed E-state index contributed by atoms with van der Waals surface area (Å²) in [7, 11) is 0. The molecule has 1 aliphatic rings. The Morgan fingerprint density at radius 1 is 1.00 bits per heavy atom. The Morgan fingerprint density at radius 3 is 2.43 bits per heavy atom. The molecule has 1 aliphatic heterocycles. The van der Waals surface area contributed by atoms with Crippen molar-refractivity contribution in [3.05, 3.63) is 90.0 Å². The minimum absolute atomic E-state index is 0.126. The van der Waals surface area contributed by atoms with Crippen molar-refractivity contribution < 1.29 is 14.6 Å². The van der Waals surface area contributed by atoms with Crippen molar-refractivity contribution in [1.29, 1.82) is 0 Å². The predicted molar refractivity (Wildman–Crippen MR) is 119 cm³/mol. The Morgan fingerprint density at radius 2 is 1.73 bits per heavy atom. The lowest BCUT2D eigenvalue weighted by atomic mass is 9.94. The molecule has 3 aromatic carbocycles. The van der Waals surface area contributed by atoms with E-state index in [0.29, 0.717) is 13.0 Å². The van der Waals surface area contributed by atoms with Gasteiger partial charge >= 0.3 is 5.97 Å². The molecule has 1 saturated heterocycles. The molecule has 3 aromatic rings. The lowest BCUT2D eigenvalue weighted by molar-refractivity contribution is -0.142. The lowest BCUT2D eigenvalue weighted by Gasteiger charge is -2.32.